The van der Waals surface area contributed by atoms with Crippen molar-refractivity contribution in [3.63, 3.8) is 0 Å². The molecule has 5 heteroatoms. The second-order valence-electron chi connectivity index (χ2n) is 7.12. The van der Waals surface area contributed by atoms with Gasteiger partial charge in [0.1, 0.15) is 0 Å². The van der Waals surface area contributed by atoms with Crippen molar-refractivity contribution in [1.29, 1.82) is 0 Å². The number of nitrogens with zero attached hydrogens (tertiary/aromatic N) is 1. The largest absolute Gasteiger partial charge is 0.333 e. The van der Waals surface area contributed by atoms with Crippen molar-refractivity contribution in [1.82, 2.24) is 9.55 Å². The lowest BCUT2D eigenvalue weighted by Crippen LogP contribution is -2.45. The monoisotopic (exact) mass is 380 g/mol. The summed E-state index contributed by atoms with van der Waals surface area (Å²) < 4.78 is 1.23. The fourth-order valence-electron chi connectivity index (χ4n) is 4.28. The molecule has 3 aromatic rings. The normalized spacial score (nSPS) is 14.5. The van der Waals surface area contributed by atoms with Crippen molar-refractivity contribution >= 4 is 11.6 Å². The van der Waals surface area contributed by atoms with Crippen LogP contribution in [0.3, 0.4) is 0 Å². The van der Waals surface area contributed by atoms with Crippen LogP contribution in [0.4, 0.5) is 0 Å². The first kappa shape index (κ1) is 17.8. The number of benzene rings is 2. The van der Waals surface area contributed by atoms with E-state index in [-0.39, 0.29) is 11.0 Å². The molecule has 0 saturated carbocycles. The summed E-state index contributed by atoms with van der Waals surface area (Å²) in [4.78, 5) is 29.4. The van der Waals surface area contributed by atoms with Crippen molar-refractivity contribution in [3.8, 4) is 16.9 Å². The Kier molecular flexibility index (Phi) is 4.31. The Labute approximate surface area is 162 Å². The Balaban J connectivity index is 2.09. The lowest BCUT2D eigenvalue weighted by Gasteiger charge is -2.38. The van der Waals surface area contributed by atoms with Crippen LogP contribution in [0.15, 0.2) is 58.1 Å². The maximum Gasteiger partial charge on any atom is 0.333 e. The first-order valence-electron chi connectivity index (χ1n) is 9.25. The zero-order valence-corrected chi connectivity index (χ0v) is 16.1. The second kappa shape index (κ2) is 6.54. The van der Waals surface area contributed by atoms with Gasteiger partial charge < -0.3 is 4.98 Å². The van der Waals surface area contributed by atoms with Gasteiger partial charge in [0.2, 0.25) is 0 Å². The van der Waals surface area contributed by atoms with E-state index in [0.29, 0.717) is 22.0 Å². The molecule has 138 valence electrons. The number of fused-ring (bicyclic) bond motifs is 3. The predicted molar refractivity (Wildman–Crippen MR) is 109 cm³/mol. The molecule has 1 aliphatic rings. The minimum atomic E-state index is -0.432. The number of H-pyrrole nitrogens is 1. The third-order valence-corrected chi connectivity index (χ3v) is 6.14. The van der Waals surface area contributed by atoms with Crippen LogP contribution in [0, 0.1) is 0 Å². The first-order valence-corrected chi connectivity index (χ1v) is 9.62. The molecule has 0 bridgehead atoms. The summed E-state index contributed by atoms with van der Waals surface area (Å²) in [5.41, 5.74) is 3.05. The Morgan fingerprint density at radius 2 is 1.70 bits per heavy atom. The summed E-state index contributed by atoms with van der Waals surface area (Å²) in [6.45, 7) is 4.22. The van der Waals surface area contributed by atoms with E-state index < -0.39 is 5.69 Å². The van der Waals surface area contributed by atoms with Crippen molar-refractivity contribution in [2.75, 3.05) is 0 Å². The number of aromatic nitrogens is 2. The van der Waals surface area contributed by atoms with E-state index in [0.717, 1.165) is 24.8 Å². The van der Waals surface area contributed by atoms with Gasteiger partial charge in [-0.1, -0.05) is 49.7 Å². The summed E-state index contributed by atoms with van der Waals surface area (Å²) in [5, 5.41) is 0.562. The van der Waals surface area contributed by atoms with Crippen molar-refractivity contribution in [2.45, 2.75) is 38.5 Å². The third-order valence-electron chi connectivity index (χ3n) is 5.89. The highest BCUT2D eigenvalue weighted by atomic mass is 35.5. The fraction of sp³-hybridized carbons (Fsp3) is 0.273. The smallest absolute Gasteiger partial charge is 0.306 e. The van der Waals surface area contributed by atoms with Crippen LogP contribution in [-0.4, -0.2) is 9.55 Å². The first-order chi connectivity index (χ1) is 13.0. The molecule has 0 radical (unpaired) electrons. The zero-order chi connectivity index (χ0) is 19.2. The van der Waals surface area contributed by atoms with Gasteiger partial charge in [0, 0.05) is 21.6 Å². The van der Waals surface area contributed by atoms with E-state index in [2.05, 4.69) is 24.9 Å². The van der Waals surface area contributed by atoms with E-state index >= 15 is 0 Å². The molecule has 1 N–H and O–H groups in total. The molecule has 4 rings (SSSR count). The highest BCUT2D eigenvalue weighted by molar-refractivity contribution is 6.30. The standard InChI is InChI=1S/C22H21ClN2O2/c1-3-22(4-2)13-14-7-5-6-8-17(14)19-18(22)20(26)25(21(27)24-19)16-11-9-15(23)10-12-16/h5-12H,3-4,13H2,1-2H3,(H,24,27). The van der Waals surface area contributed by atoms with Gasteiger partial charge in [0.25, 0.3) is 5.56 Å². The molecule has 1 heterocycles. The average molecular weight is 381 g/mol. The molecule has 4 nitrogen and oxygen atoms in total. The van der Waals surface area contributed by atoms with Crippen LogP contribution in [0.25, 0.3) is 16.9 Å². The lowest BCUT2D eigenvalue weighted by molar-refractivity contribution is 0.381. The molecule has 2 aromatic carbocycles. The van der Waals surface area contributed by atoms with E-state index in [4.69, 9.17) is 11.6 Å². The molecule has 0 saturated heterocycles. The number of aromatic amines is 1. The number of nitrogens with one attached hydrogen (secondary N) is 1. The molecular formula is C22H21ClN2O2. The summed E-state index contributed by atoms with van der Waals surface area (Å²) in [6, 6.07) is 14.8. The number of hydrogen-bond acceptors (Lipinski definition) is 2. The van der Waals surface area contributed by atoms with Gasteiger partial charge in [-0.15, -0.1) is 0 Å². The minimum absolute atomic E-state index is 0.241. The van der Waals surface area contributed by atoms with Crippen LogP contribution in [0.5, 0.6) is 0 Å². The number of hydrogen-bond donors (Lipinski definition) is 1. The molecule has 1 aliphatic carbocycles. The Morgan fingerprint density at radius 3 is 2.37 bits per heavy atom. The van der Waals surface area contributed by atoms with Crippen molar-refractivity contribution in [3.05, 3.63) is 85.5 Å². The molecule has 0 fully saturated rings. The van der Waals surface area contributed by atoms with Gasteiger partial charge in [-0.2, -0.15) is 0 Å². The summed E-state index contributed by atoms with van der Waals surface area (Å²) in [7, 11) is 0. The second-order valence-corrected chi connectivity index (χ2v) is 7.55. The highest BCUT2D eigenvalue weighted by Gasteiger charge is 2.40. The molecule has 0 atom stereocenters. The van der Waals surface area contributed by atoms with E-state index in [1.165, 1.54) is 10.1 Å². The molecule has 0 unspecified atom stereocenters. The summed E-state index contributed by atoms with van der Waals surface area (Å²) in [6.07, 6.45) is 2.45. The van der Waals surface area contributed by atoms with E-state index in [1.807, 2.05) is 18.2 Å². The lowest BCUT2D eigenvalue weighted by atomic mass is 9.66. The maximum atomic E-state index is 13.6. The Bertz CT molecular complexity index is 1120. The molecule has 0 aliphatic heterocycles. The summed E-state index contributed by atoms with van der Waals surface area (Å²) in [5.74, 6) is 0. The third kappa shape index (κ3) is 2.67. The van der Waals surface area contributed by atoms with Crippen LogP contribution in [0.2, 0.25) is 5.02 Å². The van der Waals surface area contributed by atoms with E-state index in [1.54, 1.807) is 24.3 Å². The predicted octanol–water partition coefficient (Wildman–Crippen LogP) is 4.46. The van der Waals surface area contributed by atoms with Crippen molar-refractivity contribution in [2.24, 2.45) is 0 Å². The van der Waals surface area contributed by atoms with Gasteiger partial charge in [0.15, 0.2) is 0 Å². The fourth-order valence-corrected chi connectivity index (χ4v) is 4.41. The SMILES string of the molecule is CCC1(CC)Cc2ccccc2-c2[nH]c(=O)n(-c3ccc(Cl)cc3)c(=O)c21. The van der Waals surface area contributed by atoms with Gasteiger partial charge >= 0.3 is 5.69 Å². The zero-order valence-electron chi connectivity index (χ0n) is 15.4. The molecule has 27 heavy (non-hydrogen) atoms. The quantitative estimate of drug-likeness (QED) is 0.729. The van der Waals surface area contributed by atoms with E-state index in [9.17, 15) is 9.59 Å². The van der Waals surface area contributed by atoms with Gasteiger partial charge in [-0.25, -0.2) is 9.36 Å². The summed E-state index contributed by atoms with van der Waals surface area (Å²) >= 11 is 5.97. The highest BCUT2D eigenvalue weighted by Crippen LogP contribution is 2.44. The van der Waals surface area contributed by atoms with Crippen LogP contribution in [0.1, 0.15) is 37.8 Å². The van der Waals surface area contributed by atoms with Crippen molar-refractivity contribution < 1.29 is 0 Å². The maximum absolute atomic E-state index is 13.6. The molecule has 0 spiro atoms. The Morgan fingerprint density at radius 1 is 1.04 bits per heavy atom. The van der Waals surface area contributed by atoms with Gasteiger partial charge in [-0.3, -0.25) is 4.79 Å². The topological polar surface area (TPSA) is 54.9 Å². The number of halogens is 1. The average Bonchev–Trinajstić information content (AvgIpc) is 2.68. The van der Waals surface area contributed by atoms with Crippen LogP contribution in [-0.2, 0) is 11.8 Å². The van der Waals surface area contributed by atoms with Crippen LogP contribution < -0.4 is 11.2 Å². The van der Waals surface area contributed by atoms with Gasteiger partial charge in [-0.05, 0) is 49.1 Å². The number of rotatable bonds is 3. The molecule has 1 aromatic heterocycles. The Hall–Kier alpha value is -2.59. The molecular weight excluding hydrogens is 360 g/mol. The van der Waals surface area contributed by atoms with Crippen LogP contribution >= 0.6 is 11.6 Å². The minimum Gasteiger partial charge on any atom is -0.306 e. The molecule has 0 amide bonds. The van der Waals surface area contributed by atoms with Gasteiger partial charge in [0.05, 0.1) is 11.4 Å².